The number of nitrogen functional groups attached to an aromatic ring is 1. The van der Waals surface area contributed by atoms with Gasteiger partial charge in [-0.3, -0.25) is 0 Å². The molecule has 2 rings (SSSR count). The van der Waals surface area contributed by atoms with Gasteiger partial charge in [0.05, 0.1) is 22.7 Å². The van der Waals surface area contributed by atoms with Gasteiger partial charge in [0.15, 0.2) is 0 Å². The average Bonchev–Trinajstić information content (AvgIpc) is 2.43. The smallest absolute Gasteiger partial charge is 0.340 e. The number of benzene rings is 2. The van der Waals surface area contributed by atoms with Gasteiger partial charge in [-0.05, 0) is 24.3 Å². The van der Waals surface area contributed by atoms with Crippen molar-refractivity contribution in [2.24, 2.45) is 0 Å². The Balaban J connectivity index is 2.50. The molecule has 0 aliphatic rings. The van der Waals surface area contributed by atoms with Gasteiger partial charge in [0.2, 0.25) is 0 Å². The Hall–Kier alpha value is -2.76. The number of carboxylic acid groups (broad SMARTS) is 1. The van der Waals surface area contributed by atoms with Gasteiger partial charge in [-0.15, -0.1) is 0 Å². The standard InChI is InChI=1S/C15H16FN3O2/c1-19(2)12-6-4-3-5-10(12)18-11-8-7-9(16)14(17)13(11)15(20)21/h3-8,18H,17H2,1-2H3,(H,20,21). The topological polar surface area (TPSA) is 78.6 Å². The van der Waals surface area contributed by atoms with Gasteiger partial charge in [0, 0.05) is 14.1 Å². The van der Waals surface area contributed by atoms with Crippen LogP contribution in [0.4, 0.5) is 27.1 Å². The molecule has 2 aromatic carbocycles. The first-order valence-corrected chi connectivity index (χ1v) is 6.26. The van der Waals surface area contributed by atoms with Crippen LogP contribution in [-0.4, -0.2) is 25.2 Å². The molecule has 0 amide bonds. The fraction of sp³-hybridized carbons (Fsp3) is 0.133. The molecule has 21 heavy (non-hydrogen) atoms. The lowest BCUT2D eigenvalue weighted by Gasteiger charge is -2.19. The summed E-state index contributed by atoms with van der Waals surface area (Å²) in [6.07, 6.45) is 0. The molecule has 0 saturated carbocycles. The maximum Gasteiger partial charge on any atom is 0.340 e. The quantitative estimate of drug-likeness (QED) is 0.754. The van der Waals surface area contributed by atoms with Gasteiger partial charge in [-0.2, -0.15) is 0 Å². The van der Waals surface area contributed by atoms with E-state index in [4.69, 9.17) is 5.73 Å². The minimum atomic E-state index is -1.28. The van der Waals surface area contributed by atoms with Crippen LogP contribution in [0, 0.1) is 5.82 Å². The lowest BCUT2D eigenvalue weighted by molar-refractivity contribution is 0.0698. The first kappa shape index (κ1) is 14.6. The van der Waals surface area contributed by atoms with Crippen LogP contribution in [0.25, 0.3) is 0 Å². The second kappa shape index (κ2) is 5.70. The lowest BCUT2D eigenvalue weighted by atomic mass is 10.1. The number of nitrogens with two attached hydrogens (primary N) is 1. The zero-order chi connectivity index (χ0) is 15.6. The molecule has 2 aromatic rings. The minimum absolute atomic E-state index is 0.246. The van der Waals surface area contributed by atoms with E-state index in [1.165, 1.54) is 6.07 Å². The van der Waals surface area contributed by atoms with E-state index in [1.807, 2.05) is 37.2 Å². The van der Waals surface area contributed by atoms with Crippen molar-refractivity contribution in [3.8, 4) is 0 Å². The molecule has 0 bridgehead atoms. The minimum Gasteiger partial charge on any atom is -0.478 e. The van der Waals surface area contributed by atoms with Crippen molar-refractivity contribution in [3.05, 3.63) is 47.8 Å². The average molecular weight is 289 g/mol. The summed E-state index contributed by atoms with van der Waals surface area (Å²) in [6, 6.07) is 9.89. The van der Waals surface area contributed by atoms with Crippen LogP contribution in [-0.2, 0) is 0 Å². The number of nitrogens with zero attached hydrogens (tertiary/aromatic N) is 1. The number of anilines is 4. The molecule has 0 fully saturated rings. The monoisotopic (exact) mass is 289 g/mol. The molecule has 4 N–H and O–H groups in total. The number of nitrogens with one attached hydrogen (secondary N) is 1. The molecule has 0 aromatic heterocycles. The third kappa shape index (κ3) is 2.89. The number of hydrogen-bond donors (Lipinski definition) is 3. The Bertz CT molecular complexity index is 687. The molecule has 0 saturated heterocycles. The van der Waals surface area contributed by atoms with Crippen molar-refractivity contribution in [3.63, 3.8) is 0 Å². The molecule has 0 unspecified atom stereocenters. The molecule has 0 radical (unpaired) electrons. The molecular weight excluding hydrogens is 273 g/mol. The fourth-order valence-corrected chi connectivity index (χ4v) is 2.04. The van der Waals surface area contributed by atoms with Gasteiger partial charge in [0.25, 0.3) is 0 Å². The normalized spacial score (nSPS) is 10.2. The van der Waals surface area contributed by atoms with Gasteiger partial charge in [-0.25, -0.2) is 9.18 Å². The summed E-state index contributed by atoms with van der Waals surface area (Å²) in [4.78, 5) is 13.2. The van der Waals surface area contributed by atoms with E-state index in [0.29, 0.717) is 5.69 Å². The Morgan fingerprint density at radius 1 is 1.19 bits per heavy atom. The number of hydrogen-bond acceptors (Lipinski definition) is 4. The summed E-state index contributed by atoms with van der Waals surface area (Å²) < 4.78 is 13.4. The molecule has 0 aliphatic heterocycles. The molecule has 0 spiro atoms. The lowest BCUT2D eigenvalue weighted by Crippen LogP contribution is -2.12. The highest BCUT2D eigenvalue weighted by atomic mass is 19.1. The van der Waals surface area contributed by atoms with E-state index in [-0.39, 0.29) is 16.9 Å². The number of carbonyl (C=O) groups is 1. The molecular formula is C15H16FN3O2. The van der Waals surface area contributed by atoms with Crippen molar-refractivity contribution in [2.45, 2.75) is 0 Å². The van der Waals surface area contributed by atoms with Gasteiger partial charge in [-0.1, -0.05) is 12.1 Å². The van der Waals surface area contributed by atoms with E-state index in [2.05, 4.69) is 5.32 Å². The second-order valence-corrected chi connectivity index (χ2v) is 4.73. The van der Waals surface area contributed by atoms with Gasteiger partial charge >= 0.3 is 5.97 Å². The van der Waals surface area contributed by atoms with Crippen LogP contribution in [0.5, 0.6) is 0 Å². The summed E-state index contributed by atoms with van der Waals surface area (Å²) in [6.45, 7) is 0. The van der Waals surface area contributed by atoms with E-state index in [1.54, 1.807) is 6.07 Å². The number of halogens is 1. The zero-order valence-corrected chi connectivity index (χ0v) is 11.7. The molecule has 0 aliphatic carbocycles. The Labute approximate surface area is 121 Å². The summed E-state index contributed by atoms with van der Waals surface area (Å²) in [5.41, 5.74) is 6.70. The summed E-state index contributed by atoms with van der Waals surface area (Å²) >= 11 is 0. The Kier molecular flexibility index (Phi) is 3.98. The molecule has 0 atom stereocenters. The van der Waals surface area contributed by atoms with Crippen LogP contribution in [0.1, 0.15) is 10.4 Å². The molecule has 110 valence electrons. The first-order chi connectivity index (χ1) is 9.91. The summed E-state index contributed by atoms with van der Waals surface area (Å²) in [5.74, 6) is -2.03. The molecule has 6 heteroatoms. The van der Waals surface area contributed by atoms with Crippen LogP contribution < -0.4 is 16.0 Å². The van der Waals surface area contributed by atoms with Crippen molar-refractivity contribution in [1.82, 2.24) is 0 Å². The van der Waals surface area contributed by atoms with Crippen LogP contribution >= 0.6 is 0 Å². The van der Waals surface area contributed by atoms with Gasteiger partial charge in [0.1, 0.15) is 11.4 Å². The largest absolute Gasteiger partial charge is 0.478 e. The molecule has 5 nitrogen and oxygen atoms in total. The first-order valence-electron chi connectivity index (χ1n) is 6.26. The zero-order valence-electron chi connectivity index (χ0n) is 11.7. The Morgan fingerprint density at radius 3 is 2.48 bits per heavy atom. The Morgan fingerprint density at radius 2 is 1.86 bits per heavy atom. The third-order valence-electron chi connectivity index (χ3n) is 3.06. The van der Waals surface area contributed by atoms with Crippen LogP contribution in [0.3, 0.4) is 0 Å². The highest BCUT2D eigenvalue weighted by Gasteiger charge is 2.18. The van der Waals surface area contributed by atoms with Crippen molar-refractivity contribution in [2.75, 3.05) is 30.0 Å². The van der Waals surface area contributed by atoms with E-state index < -0.39 is 11.8 Å². The predicted molar refractivity (Wildman–Crippen MR) is 81.8 cm³/mol. The highest BCUT2D eigenvalue weighted by Crippen LogP contribution is 2.31. The maximum absolute atomic E-state index is 13.4. The van der Waals surface area contributed by atoms with E-state index >= 15 is 0 Å². The van der Waals surface area contributed by atoms with E-state index in [0.717, 1.165) is 11.8 Å². The number of rotatable bonds is 4. The van der Waals surface area contributed by atoms with Crippen molar-refractivity contribution >= 4 is 28.7 Å². The van der Waals surface area contributed by atoms with Crippen molar-refractivity contribution < 1.29 is 14.3 Å². The number of aromatic carboxylic acids is 1. The molecule has 0 heterocycles. The number of para-hydroxylation sites is 2. The van der Waals surface area contributed by atoms with Crippen molar-refractivity contribution in [1.29, 1.82) is 0 Å². The summed E-state index contributed by atoms with van der Waals surface area (Å²) in [7, 11) is 3.75. The van der Waals surface area contributed by atoms with Crippen LogP contribution in [0.15, 0.2) is 36.4 Å². The van der Waals surface area contributed by atoms with E-state index in [9.17, 15) is 14.3 Å². The summed E-state index contributed by atoms with van der Waals surface area (Å²) in [5, 5.41) is 12.2. The third-order valence-corrected chi connectivity index (χ3v) is 3.06. The van der Waals surface area contributed by atoms with Crippen LogP contribution in [0.2, 0.25) is 0 Å². The fourth-order valence-electron chi connectivity index (χ4n) is 2.04. The highest BCUT2D eigenvalue weighted by molar-refractivity contribution is 6.01. The maximum atomic E-state index is 13.4. The number of carboxylic acids is 1. The SMILES string of the molecule is CN(C)c1ccccc1Nc1ccc(F)c(N)c1C(=O)O. The predicted octanol–water partition coefficient (Wildman–Crippen LogP) is 2.92. The second-order valence-electron chi connectivity index (χ2n) is 4.73. The van der Waals surface area contributed by atoms with Gasteiger partial charge < -0.3 is 21.1 Å².